The lowest BCUT2D eigenvalue weighted by molar-refractivity contribution is -0.118. The number of thiophene rings is 1. The van der Waals surface area contributed by atoms with Gasteiger partial charge in [-0.3, -0.25) is 14.2 Å². The first-order valence-electron chi connectivity index (χ1n) is 8.60. The Bertz CT molecular complexity index is 935. The molecule has 0 aliphatic rings. The molecule has 0 atom stereocenters. The monoisotopic (exact) mass is 387 g/mol. The molecule has 3 rings (SSSR count). The molecule has 0 unspecified atom stereocenters. The van der Waals surface area contributed by atoms with Gasteiger partial charge >= 0.3 is 0 Å². The third kappa shape index (κ3) is 4.53. The Kier molecular flexibility index (Phi) is 6.46. The molecule has 0 bridgehead atoms. The van der Waals surface area contributed by atoms with Gasteiger partial charge in [-0.1, -0.05) is 55.4 Å². The fourth-order valence-electron chi connectivity index (χ4n) is 2.52. The fraction of sp³-hybridized carbons (Fsp3) is 0.316. The SMILES string of the molecule is CCCCn1c(SCC(=O)NCc2ccccc2)nc2ccsc2c1=O. The van der Waals surface area contributed by atoms with Crippen LogP contribution < -0.4 is 10.9 Å². The lowest BCUT2D eigenvalue weighted by Crippen LogP contribution is -2.26. The number of nitrogens with one attached hydrogen (secondary N) is 1. The summed E-state index contributed by atoms with van der Waals surface area (Å²) >= 11 is 2.73. The quantitative estimate of drug-likeness (QED) is 0.473. The standard InChI is InChI=1S/C19H21N3O2S2/c1-2-3-10-22-18(24)17-15(9-11-25-17)21-19(22)26-13-16(23)20-12-14-7-5-4-6-8-14/h4-9,11H,2-3,10,12-13H2,1H3,(H,20,23). The number of hydrogen-bond donors (Lipinski definition) is 1. The van der Waals surface area contributed by atoms with Gasteiger partial charge in [0.2, 0.25) is 5.91 Å². The van der Waals surface area contributed by atoms with Gasteiger partial charge in [-0.2, -0.15) is 0 Å². The number of hydrogen-bond acceptors (Lipinski definition) is 5. The van der Waals surface area contributed by atoms with Crippen molar-refractivity contribution in [3.63, 3.8) is 0 Å². The zero-order chi connectivity index (χ0) is 18.4. The lowest BCUT2D eigenvalue weighted by Gasteiger charge is -2.11. The number of fused-ring (bicyclic) bond motifs is 1. The number of nitrogens with zero attached hydrogens (tertiary/aromatic N) is 2. The first kappa shape index (κ1) is 18.7. The van der Waals surface area contributed by atoms with E-state index in [9.17, 15) is 9.59 Å². The molecule has 2 heterocycles. The van der Waals surface area contributed by atoms with Crippen molar-refractivity contribution in [1.29, 1.82) is 0 Å². The molecule has 0 fully saturated rings. The molecule has 5 nitrogen and oxygen atoms in total. The van der Waals surface area contributed by atoms with Crippen LogP contribution >= 0.6 is 23.1 Å². The summed E-state index contributed by atoms with van der Waals surface area (Å²) in [5.41, 5.74) is 1.76. The molecular weight excluding hydrogens is 366 g/mol. The average Bonchev–Trinajstić information content (AvgIpc) is 3.14. The largest absolute Gasteiger partial charge is 0.351 e. The Morgan fingerprint density at radius 2 is 2.08 bits per heavy atom. The van der Waals surface area contributed by atoms with E-state index in [1.54, 1.807) is 4.57 Å². The highest BCUT2D eigenvalue weighted by molar-refractivity contribution is 7.99. The van der Waals surface area contributed by atoms with Crippen molar-refractivity contribution in [1.82, 2.24) is 14.9 Å². The maximum Gasteiger partial charge on any atom is 0.272 e. The fourth-order valence-corrected chi connectivity index (χ4v) is 4.16. The van der Waals surface area contributed by atoms with E-state index in [-0.39, 0.29) is 17.2 Å². The number of amides is 1. The van der Waals surface area contributed by atoms with E-state index in [0.29, 0.717) is 28.5 Å². The molecule has 0 saturated carbocycles. The van der Waals surface area contributed by atoms with Crippen LogP contribution in [0.2, 0.25) is 0 Å². The van der Waals surface area contributed by atoms with E-state index in [4.69, 9.17) is 0 Å². The topological polar surface area (TPSA) is 64.0 Å². The van der Waals surface area contributed by atoms with Crippen LogP contribution in [-0.4, -0.2) is 21.2 Å². The van der Waals surface area contributed by atoms with Gasteiger partial charge in [-0.05, 0) is 23.4 Å². The summed E-state index contributed by atoms with van der Waals surface area (Å²) in [6.07, 6.45) is 1.91. The van der Waals surface area contributed by atoms with Gasteiger partial charge in [0, 0.05) is 13.1 Å². The van der Waals surface area contributed by atoms with Crippen molar-refractivity contribution in [2.75, 3.05) is 5.75 Å². The van der Waals surface area contributed by atoms with Crippen molar-refractivity contribution in [3.8, 4) is 0 Å². The number of benzene rings is 1. The summed E-state index contributed by atoms with van der Waals surface area (Å²) in [7, 11) is 0. The molecule has 3 aromatic rings. The van der Waals surface area contributed by atoms with Gasteiger partial charge in [0.15, 0.2) is 5.16 Å². The number of rotatable bonds is 8. The van der Waals surface area contributed by atoms with Crippen LogP contribution in [-0.2, 0) is 17.9 Å². The molecule has 1 amide bonds. The second-order valence-electron chi connectivity index (χ2n) is 5.89. The number of unbranched alkanes of at least 4 members (excludes halogenated alkanes) is 1. The summed E-state index contributed by atoms with van der Waals surface area (Å²) < 4.78 is 2.39. The third-order valence-corrected chi connectivity index (χ3v) is 5.80. The predicted octanol–water partition coefficient (Wildman–Crippen LogP) is 3.67. The molecule has 1 N–H and O–H groups in total. The molecule has 26 heavy (non-hydrogen) atoms. The third-order valence-electron chi connectivity index (χ3n) is 3.93. The molecule has 136 valence electrons. The lowest BCUT2D eigenvalue weighted by atomic mass is 10.2. The van der Waals surface area contributed by atoms with Crippen molar-refractivity contribution >= 4 is 39.2 Å². The second-order valence-corrected chi connectivity index (χ2v) is 7.75. The van der Waals surface area contributed by atoms with E-state index in [1.807, 2.05) is 41.8 Å². The first-order valence-corrected chi connectivity index (χ1v) is 10.5. The van der Waals surface area contributed by atoms with E-state index in [2.05, 4.69) is 17.2 Å². The highest BCUT2D eigenvalue weighted by atomic mass is 32.2. The maximum atomic E-state index is 12.7. The minimum Gasteiger partial charge on any atom is -0.351 e. The van der Waals surface area contributed by atoms with Gasteiger partial charge in [-0.15, -0.1) is 11.3 Å². The maximum absolute atomic E-state index is 12.7. The minimum atomic E-state index is -0.0689. The number of carbonyl (C=O) groups excluding carboxylic acids is 1. The summed E-state index contributed by atoms with van der Waals surface area (Å²) in [5.74, 6) is 0.168. The van der Waals surface area contributed by atoms with E-state index >= 15 is 0 Å². The molecule has 0 saturated heterocycles. The molecule has 0 radical (unpaired) electrons. The van der Waals surface area contributed by atoms with Gasteiger partial charge in [-0.25, -0.2) is 4.98 Å². The van der Waals surface area contributed by atoms with Crippen LogP contribution in [0.25, 0.3) is 10.2 Å². The van der Waals surface area contributed by atoms with Crippen molar-refractivity contribution in [2.24, 2.45) is 0 Å². The van der Waals surface area contributed by atoms with Crippen molar-refractivity contribution in [2.45, 2.75) is 38.0 Å². The molecule has 0 aliphatic heterocycles. The molecule has 0 spiro atoms. The molecule has 1 aromatic carbocycles. The van der Waals surface area contributed by atoms with Crippen LogP contribution in [0.4, 0.5) is 0 Å². The minimum absolute atomic E-state index is 0.00866. The summed E-state index contributed by atoms with van der Waals surface area (Å²) in [6.45, 7) is 3.22. The van der Waals surface area contributed by atoms with E-state index in [1.165, 1.54) is 23.1 Å². The molecular formula is C19H21N3O2S2. The Balaban J connectivity index is 1.69. The average molecular weight is 388 g/mol. The van der Waals surface area contributed by atoms with Crippen LogP contribution in [0.1, 0.15) is 25.3 Å². The van der Waals surface area contributed by atoms with Gasteiger partial charge in [0.05, 0.1) is 11.3 Å². The van der Waals surface area contributed by atoms with Crippen molar-refractivity contribution in [3.05, 3.63) is 57.7 Å². The van der Waals surface area contributed by atoms with Crippen LogP contribution in [0.15, 0.2) is 51.7 Å². The molecule has 2 aromatic heterocycles. The van der Waals surface area contributed by atoms with E-state index < -0.39 is 0 Å². The Morgan fingerprint density at radius 3 is 2.85 bits per heavy atom. The second kappa shape index (κ2) is 9.00. The first-order chi connectivity index (χ1) is 12.7. The van der Waals surface area contributed by atoms with Gasteiger partial charge in [0.25, 0.3) is 5.56 Å². The Hall–Kier alpha value is -2.12. The number of aromatic nitrogens is 2. The number of carbonyl (C=O) groups is 1. The Labute approximate surface area is 160 Å². The highest BCUT2D eigenvalue weighted by Gasteiger charge is 2.13. The van der Waals surface area contributed by atoms with Crippen molar-refractivity contribution < 1.29 is 4.79 Å². The number of thioether (sulfide) groups is 1. The smallest absolute Gasteiger partial charge is 0.272 e. The van der Waals surface area contributed by atoms with Crippen LogP contribution in [0.5, 0.6) is 0 Å². The van der Waals surface area contributed by atoms with E-state index in [0.717, 1.165) is 18.4 Å². The summed E-state index contributed by atoms with van der Waals surface area (Å²) in [4.78, 5) is 29.5. The molecule has 7 heteroatoms. The predicted molar refractivity (Wildman–Crippen MR) is 108 cm³/mol. The molecule has 0 aliphatic carbocycles. The zero-order valence-electron chi connectivity index (χ0n) is 14.6. The van der Waals surface area contributed by atoms with Crippen LogP contribution in [0.3, 0.4) is 0 Å². The highest BCUT2D eigenvalue weighted by Crippen LogP contribution is 2.21. The van der Waals surface area contributed by atoms with Gasteiger partial charge in [0.1, 0.15) is 4.70 Å². The zero-order valence-corrected chi connectivity index (χ0v) is 16.2. The van der Waals surface area contributed by atoms with Crippen LogP contribution in [0, 0.1) is 0 Å². The normalized spacial score (nSPS) is 11.0. The van der Waals surface area contributed by atoms with Gasteiger partial charge < -0.3 is 5.32 Å². The summed E-state index contributed by atoms with van der Waals surface area (Å²) in [6, 6.07) is 11.6. The Morgan fingerprint density at radius 1 is 1.27 bits per heavy atom. The summed E-state index contributed by atoms with van der Waals surface area (Å²) in [5, 5.41) is 5.40.